The van der Waals surface area contributed by atoms with Crippen LogP contribution in [0.5, 0.6) is 0 Å². The Bertz CT molecular complexity index is 314. The van der Waals surface area contributed by atoms with Crippen LogP contribution in [0.15, 0.2) is 41.6 Å². The summed E-state index contributed by atoms with van der Waals surface area (Å²) in [5.41, 5.74) is 1.98. The molecule has 0 N–H and O–H groups in total. The molecule has 12 heavy (non-hydrogen) atoms. The Morgan fingerprint density at radius 3 is 2.67 bits per heavy atom. The van der Waals surface area contributed by atoms with Crippen LogP contribution < -0.4 is 0 Å². The first-order chi connectivity index (χ1) is 5.97. The molecule has 0 spiro atoms. The molecule has 1 aromatic rings. The molecular weight excluding hydrogens is 150 g/mol. The van der Waals surface area contributed by atoms with E-state index in [-0.39, 0.29) is 0 Å². The van der Waals surface area contributed by atoms with Gasteiger partial charge in [0.2, 0.25) is 0 Å². The minimum atomic E-state index is 0.580. The van der Waals surface area contributed by atoms with Gasteiger partial charge < -0.3 is 4.74 Å². The summed E-state index contributed by atoms with van der Waals surface area (Å²) in [7, 11) is 0. The lowest BCUT2D eigenvalue weighted by molar-refractivity contribution is 0.303. The zero-order valence-corrected chi connectivity index (χ0v) is 6.60. The number of hydrogen-bond acceptors (Lipinski definition) is 2. The summed E-state index contributed by atoms with van der Waals surface area (Å²) in [5.74, 6) is 0. The third-order valence-electron chi connectivity index (χ3n) is 1.67. The number of benzene rings is 1. The normalized spacial score (nSPS) is 15.2. The summed E-state index contributed by atoms with van der Waals surface area (Å²) in [4.78, 5) is 4.21. The molecule has 0 bridgehead atoms. The molecule has 1 aromatic carbocycles. The Balaban J connectivity index is 2.31. The van der Waals surface area contributed by atoms with Gasteiger partial charge in [0, 0.05) is 11.8 Å². The fourth-order valence-corrected chi connectivity index (χ4v) is 1.09. The average molecular weight is 159 g/mol. The van der Waals surface area contributed by atoms with Crippen LogP contribution in [-0.4, -0.2) is 12.8 Å². The van der Waals surface area contributed by atoms with Crippen molar-refractivity contribution in [2.24, 2.45) is 4.99 Å². The van der Waals surface area contributed by atoms with Crippen molar-refractivity contribution in [3.63, 3.8) is 0 Å². The summed E-state index contributed by atoms with van der Waals surface area (Å²) in [6.07, 6.45) is 3.46. The van der Waals surface area contributed by atoms with E-state index in [4.69, 9.17) is 4.74 Å². The second-order valence-corrected chi connectivity index (χ2v) is 2.51. The van der Waals surface area contributed by atoms with Crippen LogP contribution in [0.2, 0.25) is 0 Å². The van der Waals surface area contributed by atoms with Crippen molar-refractivity contribution in [3.8, 4) is 0 Å². The number of ether oxygens (including phenoxy) is 1. The molecule has 2 nitrogen and oxygen atoms in total. The summed E-state index contributed by atoms with van der Waals surface area (Å²) < 4.78 is 5.13. The summed E-state index contributed by atoms with van der Waals surface area (Å²) in [6.45, 7) is 0.580. The molecule has 2 rings (SSSR count). The minimum Gasteiger partial charge on any atom is -0.493 e. The van der Waals surface area contributed by atoms with E-state index in [1.165, 1.54) is 0 Å². The molecule has 2 heteroatoms. The summed E-state index contributed by atoms with van der Waals surface area (Å²) in [6, 6.07) is 9.98. The molecule has 0 radical (unpaired) electrons. The first kappa shape index (κ1) is 7.10. The first-order valence-corrected chi connectivity index (χ1v) is 3.86. The highest BCUT2D eigenvalue weighted by molar-refractivity contribution is 5.75. The maximum Gasteiger partial charge on any atom is 0.123 e. The molecule has 0 saturated heterocycles. The third kappa shape index (κ3) is 1.37. The standard InChI is InChI=1S/C10H9NO/c1-2-4-9(5-3-1)10-8-12-7-6-11-10/h1-6,8H,7H2. The van der Waals surface area contributed by atoms with Gasteiger partial charge in [-0.05, 0) is 0 Å². The maximum absolute atomic E-state index is 5.13. The van der Waals surface area contributed by atoms with Crippen molar-refractivity contribution >= 4 is 11.9 Å². The second kappa shape index (κ2) is 3.22. The van der Waals surface area contributed by atoms with Gasteiger partial charge in [-0.15, -0.1) is 0 Å². The molecule has 0 amide bonds. The van der Waals surface area contributed by atoms with Gasteiger partial charge in [0.05, 0.1) is 0 Å². The van der Waals surface area contributed by atoms with Crippen LogP contribution in [0.4, 0.5) is 0 Å². The predicted octanol–water partition coefficient (Wildman–Crippen LogP) is 2.09. The lowest BCUT2D eigenvalue weighted by Crippen LogP contribution is -1.96. The molecule has 0 atom stereocenters. The number of aliphatic imine (C=N–C) groups is 1. The van der Waals surface area contributed by atoms with E-state index >= 15 is 0 Å². The van der Waals surface area contributed by atoms with Crippen LogP contribution >= 0.6 is 0 Å². The summed E-state index contributed by atoms with van der Waals surface area (Å²) >= 11 is 0. The highest BCUT2D eigenvalue weighted by Crippen LogP contribution is 2.16. The third-order valence-corrected chi connectivity index (χ3v) is 1.67. The molecule has 0 unspecified atom stereocenters. The van der Waals surface area contributed by atoms with Crippen molar-refractivity contribution in [3.05, 3.63) is 42.2 Å². The lowest BCUT2D eigenvalue weighted by Gasteiger charge is -2.06. The van der Waals surface area contributed by atoms with Crippen LogP contribution in [0, 0.1) is 0 Å². The van der Waals surface area contributed by atoms with Crippen LogP contribution in [0.3, 0.4) is 0 Å². The number of nitrogens with zero attached hydrogens (tertiary/aromatic N) is 1. The Morgan fingerprint density at radius 1 is 1.17 bits per heavy atom. The van der Waals surface area contributed by atoms with Crippen molar-refractivity contribution in [1.82, 2.24) is 0 Å². The number of rotatable bonds is 1. The highest BCUT2D eigenvalue weighted by Gasteiger charge is 2.00. The monoisotopic (exact) mass is 159 g/mol. The SMILES string of the molecule is C1=NC(c2ccccc2)=COC1. The van der Waals surface area contributed by atoms with Gasteiger partial charge in [-0.3, -0.25) is 4.99 Å². The number of hydrogen-bond donors (Lipinski definition) is 0. The van der Waals surface area contributed by atoms with Gasteiger partial charge >= 0.3 is 0 Å². The van der Waals surface area contributed by atoms with E-state index < -0.39 is 0 Å². The predicted molar refractivity (Wildman–Crippen MR) is 48.9 cm³/mol. The highest BCUT2D eigenvalue weighted by atomic mass is 16.5. The molecule has 0 saturated carbocycles. The van der Waals surface area contributed by atoms with Gasteiger partial charge in [0.25, 0.3) is 0 Å². The van der Waals surface area contributed by atoms with Crippen molar-refractivity contribution in [1.29, 1.82) is 0 Å². The van der Waals surface area contributed by atoms with Gasteiger partial charge in [-0.25, -0.2) is 0 Å². The topological polar surface area (TPSA) is 21.6 Å². The van der Waals surface area contributed by atoms with Crippen LogP contribution in [0.1, 0.15) is 5.56 Å². The van der Waals surface area contributed by atoms with E-state index in [0.717, 1.165) is 11.3 Å². The molecule has 1 heterocycles. The van der Waals surface area contributed by atoms with Crippen LogP contribution in [0.25, 0.3) is 5.70 Å². The zero-order valence-electron chi connectivity index (χ0n) is 6.60. The van der Waals surface area contributed by atoms with Crippen LogP contribution in [-0.2, 0) is 4.74 Å². The molecule has 0 aromatic heterocycles. The molecule has 0 fully saturated rings. The Labute approximate surface area is 71.2 Å². The molecule has 1 aliphatic rings. The molecular formula is C10H9NO. The maximum atomic E-state index is 5.13. The van der Waals surface area contributed by atoms with E-state index in [1.54, 1.807) is 12.5 Å². The summed E-state index contributed by atoms with van der Waals surface area (Å²) in [5, 5.41) is 0. The fourth-order valence-electron chi connectivity index (χ4n) is 1.09. The van der Waals surface area contributed by atoms with Crippen molar-refractivity contribution < 1.29 is 4.74 Å². The van der Waals surface area contributed by atoms with Crippen molar-refractivity contribution in [2.45, 2.75) is 0 Å². The van der Waals surface area contributed by atoms with E-state index in [2.05, 4.69) is 4.99 Å². The average Bonchev–Trinajstić information content (AvgIpc) is 2.21. The largest absolute Gasteiger partial charge is 0.493 e. The molecule has 60 valence electrons. The van der Waals surface area contributed by atoms with E-state index in [9.17, 15) is 0 Å². The van der Waals surface area contributed by atoms with Gasteiger partial charge in [0.15, 0.2) is 0 Å². The van der Waals surface area contributed by atoms with E-state index in [1.807, 2.05) is 30.3 Å². The lowest BCUT2D eigenvalue weighted by atomic mass is 10.2. The second-order valence-electron chi connectivity index (χ2n) is 2.51. The minimum absolute atomic E-state index is 0.580. The van der Waals surface area contributed by atoms with Gasteiger partial charge in [-0.1, -0.05) is 30.3 Å². The fraction of sp³-hybridized carbons (Fsp3) is 0.100. The molecule has 1 aliphatic heterocycles. The Hall–Kier alpha value is -1.57. The zero-order chi connectivity index (χ0) is 8.23. The first-order valence-electron chi connectivity index (χ1n) is 3.86. The quantitative estimate of drug-likeness (QED) is 0.614. The smallest absolute Gasteiger partial charge is 0.123 e. The van der Waals surface area contributed by atoms with E-state index in [0.29, 0.717) is 6.61 Å². The van der Waals surface area contributed by atoms with Crippen molar-refractivity contribution in [2.75, 3.05) is 6.61 Å². The Kier molecular flexibility index (Phi) is 1.90. The molecule has 0 aliphatic carbocycles. The van der Waals surface area contributed by atoms with Gasteiger partial charge in [0.1, 0.15) is 18.6 Å². The van der Waals surface area contributed by atoms with Gasteiger partial charge in [-0.2, -0.15) is 0 Å². The Morgan fingerprint density at radius 2 is 2.00 bits per heavy atom.